The molecule has 0 unspecified atom stereocenters. The minimum atomic E-state index is -0.689. The van der Waals surface area contributed by atoms with Gasteiger partial charge in [-0.1, -0.05) is 6.92 Å². The lowest BCUT2D eigenvalue weighted by molar-refractivity contribution is -0.140. The summed E-state index contributed by atoms with van der Waals surface area (Å²) in [6.45, 7) is 3.81. The SMILES string of the molecule is COC(=O)C1=C(C(=O)OC)N(c2cc(C(=O)OC)ccc2N2CCC(C)CC2)COC1. The third-order valence-corrected chi connectivity index (χ3v) is 5.64. The van der Waals surface area contributed by atoms with Gasteiger partial charge in [0.05, 0.1) is 50.4 Å². The van der Waals surface area contributed by atoms with Crippen molar-refractivity contribution >= 4 is 29.3 Å². The third kappa shape index (κ3) is 4.66. The second-order valence-corrected chi connectivity index (χ2v) is 7.58. The van der Waals surface area contributed by atoms with Crippen molar-refractivity contribution in [2.24, 2.45) is 5.92 Å². The maximum atomic E-state index is 12.7. The Labute approximate surface area is 181 Å². The van der Waals surface area contributed by atoms with E-state index in [4.69, 9.17) is 18.9 Å². The summed E-state index contributed by atoms with van der Waals surface area (Å²) in [6.07, 6.45) is 2.06. The summed E-state index contributed by atoms with van der Waals surface area (Å²) in [7, 11) is 3.79. The quantitative estimate of drug-likeness (QED) is 0.512. The fraction of sp³-hybridized carbons (Fsp3) is 0.500. The number of hydrogen-bond acceptors (Lipinski definition) is 9. The van der Waals surface area contributed by atoms with Gasteiger partial charge >= 0.3 is 17.9 Å². The molecule has 168 valence electrons. The van der Waals surface area contributed by atoms with Crippen LogP contribution in [0.1, 0.15) is 30.1 Å². The zero-order valence-corrected chi connectivity index (χ0v) is 18.3. The number of hydrogen-bond donors (Lipinski definition) is 0. The number of methoxy groups -OCH3 is 3. The van der Waals surface area contributed by atoms with Crippen LogP contribution in [0, 0.1) is 5.92 Å². The number of nitrogens with zero attached hydrogens (tertiary/aromatic N) is 2. The average Bonchev–Trinajstić information content (AvgIpc) is 2.82. The van der Waals surface area contributed by atoms with Crippen molar-refractivity contribution in [1.29, 1.82) is 0 Å². The molecule has 1 fully saturated rings. The van der Waals surface area contributed by atoms with Crippen LogP contribution in [0.2, 0.25) is 0 Å². The van der Waals surface area contributed by atoms with Crippen molar-refractivity contribution in [1.82, 2.24) is 0 Å². The highest BCUT2D eigenvalue weighted by molar-refractivity contribution is 6.04. The first-order valence-corrected chi connectivity index (χ1v) is 10.1. The summed E-state index contributed by atoms with van der Waals surface area (Å²) in [4.78, 5) is 41.0. The van der Waals surface area contributed by atoms with E-state index < -0.39 is 17.9 Å². The summed E-state index contributed by atoms with van der Waals surface area (Å²) in [5.41, 5.74) is 1.80. The van der Waals surface area contributed by atoms with Gasteiger partial charge in [-0.25, -0.2) is 14.4 Å². The molecule has 1 saturated heterocycles. The van der Waals surface area contributed by atoms with Crippen molar-refractivity contribution in [3.05, 3.63) is 35.0 Å². The molecule has 0 aromatic heterocycles. The van der Waals surface area contributed by atoms with E-state index in [1.165, 1.54) is 21.3 Å². The normalized spacial score (nSPS) is 17.4. The van der Waals surface area contributed by atoms with E-state index >= 15 is 0 Å². The molecule has 0 aliphatic carbocycles. The second kappa shape index (κ2) is 9.82. The first kappa shape index (κ1) is 22.6. The van der Waals surface area contributed by atoms with Crippen LogP contribution in [0.25, 0.3) is 0 Å². The van der Waals surface area contributed by atoms with Crippen molar-refractivity contribution in [2.45, 2.75) is 19.8 Å². The zero-order chi connectivity index (χ0) is 22.5. The van der Waals surface area contributed by atoms with E-state index in [-0.39, 0.29) is 24.6 Å². The fourth-order valence-corrected chi connectivity index (χ4v) is 3.84. The van der Waals surface area contributed by atoms with E-state index in [9.17, 15) is 14.4 Å². The Morgan fingerprint density at radius 2 is 1.58 bits per heavy atom. The minimum absolute atomic E-state index is 0.00674. The topological polar surface area (TPSA) is 94.6 Å². The van der Waals surface area contributed by atoms with Gasteiger partial charge in [0.1, 0.15) is 12.4 Å². The molecule has 3 rings (SSSR count). The summed E-state index contributed by atoms with van der Waals surface area (Å²) in [6, 6.07) is 5.17. The van der Waals surface area contributed by atoms with Crippen LogP contribution in [0.5, 0.6) is 0 Å². The largest absolute Gasteiger partial charge is 0.466 e. The van der Waals surface area contributed by atoms with Crippen LogP contribution < -0.4 is 9.80 Å². The highest BCUT2D eigenvalue weighted by Crippen LogP contribution is 2.37. The van der Waals surface area contributed by atoms with Crippen molar-refractivity contribution in [2.75, 3.05) is 57.6 Å². The van der Waals surface area contributed by atoms with Crippen LogP contribution in [-0.4, -0.2) is 65.7 Å². The number of carbonyl (C=O) groups excluding carboxylic acids is 3. The molecule has 9 nitrogen and oxygen atoms in total. The molecule has 0 spiro atoms. The van der Waals surface area contributed by atoms with E-state index in [1.807, 2.05) is 6.07 Å². The number of esters is 3. The summed E-state index contributed by atoms with van der Waals surface area (Å²) in [5.74, 6) is -1.24. The molecule has 0 bridgehead atoms. The predicted octanol–water partition coefficient (Wildman–Crippen LogP) is 2.10. The Hall–Kier alpha value is -3.07. The molecule has 31 heavy (non-hydrogen) atoms. The van der Waals surface area contributed by atoms with Gasteiger partial charge in [-0.05, 0) is 37.0 Å². The monoisotopic (exact) mass is 432 g/mol. The molecular weight excluding hydrogens is 404 g/mol. The molecule has 9 heteroatoms. The fourth-order valence-electron chi connectivity index (χ4n) is 3.84. The smallest absolute Gasteiger partial charge is 0.355 e. The van der Waals surface area contributed by atoms with Gasteiger partial charge in [0, 0.05) is 13.1 Å². The maximum absolute atomic E-state index is 12.7. The van der Waals surface area contributed by atoms with Gasteiger partial charge in [0.2, 0.25) is 0 Å². The highest BCUT2D eigenvalue weighted by atomic mass is 16.5. The lowest BCUT2D eigenvalue weighted by Crippen LogP contribution is -2.40. The molecule has 2 aliphatic heterocycles. The summed E-state index contributed by atoms with van der Waals surface area (Å²) in [5, 5.41) is 0. The third-order valence-electron chi connectivity index (χ3n) is 5.64. The van der Waals surface area contributed by atoms with Crippen molar-refractivity contribution in [3.63, 3.8) is 0 Å². The Balaban J connectivity index is 2.15. The molecule has 0 atom stereocenters. The summed E-state index contributed by atoms with van der Waals surface area (Å²) >= 11 is 0. The first-order chi connectivity index (χ1) is 14.9. The van der Waals surface area contributed by atoms with E-state index in [0.29, 0.717) is 17.2 Å². The summed E-state index contributed by atoms with van der Waals surface area (Å²) < 4.78 is 20.3. The van der Waals surface area contributed by atoms with E-state index in [2.05, 4.69) is 11.8 Å². The van der Waals surface area contributed by atoms with Crippen LogP contribution in [0.3, 0.4) is 0 Å². The first-order valence-electron chi connectivity index (χ1n) is 10.1. The lowest BCUT2D eigenvalue weighted by Gasteiger charge is -2.38. The molecule has 1 aromatic carbocycles. The molecular formula is C22H28N2O7. The molecule has 0 radical (unpaired) electrons. The van der Waals surface area contributed by atoms with Crippen molar-refractivity contribution < 1.29 is 33.3 Å². The molecule has 2 heterocycles. The van der Waals surface area contributed by atoms with Crippen LogP contribution in [-0.2, 0) is 28.5 Å². The van der Waals surface area contributed by atoms with Gasteiger partial charge in [-0.15, -0.1) is 0 Å². The number of benzene rings is 1. The molecule has 0 N–H and O–H groups in total. The van der Waals surface area contributed by atoms with E-state index in [1.54, 1.807) is 17.0 Å². The Bertz CT molecular complexity index is 888. The van der Waals surface area contributed by atoms with Crippen LogP contribution in [0.4, 0.5) is 11.4 Å². The van der Waals surface area contributed by atoms with Gasteiger partial charge in [0.15, 0.2) is 0 Å². The number of ether oxygens (including phenoxy) is 4. The van der Waals surface area contributed by atoms with Crippen LogP contribution in [0.15, 0.2) is 29.5 Å². The highest BCUT2D eigenvalue weighted by Gasteiger charge is 2.34. The maximum Gasteiger partial charge on any atom is 0.355 e. The number of piperidine rings is 1. The van der Waals surface area contributed by atoms with Crippen LogP contribution >= 0.6 is 0 Å². The van der Waals surface area contributed by atoms with Gasteiger partial charge < -0.3 is 28.7 Å². The second-order valence-electron chi connectivity index (χ2n) is 7.58. The lowest BCUT2D eigenvalue weighted by atomic mass is 9.98. The Morgan fingerprint density at radius 1 is 0.935 bits per heavy atom. The van der Waals surface area contributed by atoms with Gasteiger partial charge in [-0.2, -0.15) is 0 Å². The Morgan fingerprint density at radius 3 is 2.19 bits per heavy atom. The van der Waals surface area contributed by atoms with Gasteiger partial charge in [0.25, 0.3) is 0 Å². The number of rotatable bonds is 5. The zero-order valence-electron chi connectivity index (χ0n) is 18.3. The number of carbonyl (C=O) groups is 3. The molecule has 1 aromatic rings. The predicted molar refractivity (Wildman–Crippen MR) is 113 cm³/mol. The average molecular weight is 432 g/mol. The Kier molecular flexibility index (Phi) is 7.17. The van der Waals surface area contributed by atoms with Crippen molar-refractivity contribution in [3.8, 4) is 0 Å². The van der Waals surface area contributed by atoms with E-state index in [0.717, 1.165) is 31.6 Å². The molecule has 2 aliphatic rings. The minimum Gasteiger partial charge on any atom is -0.466 e. The molecule has 0 saturated carbocycles. The van der Waals surface area contributed by atoms with Gasteiger partial charge in [-0.3, -0.25) is 0 Å². The molecule has 0 amide bonds. The number of anilines is 2. The standard InChI is InChI=1S/C22H28N2O7/c1-14-7-9-23(10-8-14)17-6-5-15(20(25)28-2)11-18(17)24-13-31-12-16(21(26)29-3)19(24)22(27)30-4/h5-6,11,14H,7-10,12-13H2,1-4H3.